The molecule has 5 rings (SSSR count). The minimum atomic E-state index is -1.03. The van der Waals surface area contributed by atoms with Gasteiger partial charge in [-0.3, -0.25) is 9.59 Å². The zero-order chi connectivity index (χ0) is 39.5. The smallest absolute Gasteiger partial charge is 0.408 e. The van der Waals surface area contributed by atoms with E-state index < -0.39 is 30.2 Å². The number of imide groups is 1. The van der Waals surface area contributed by atoms with Gasteiger partial charge >= 0.3 is 6.09 Å². The van der Waals surface area contributed by atoms with Crippen molar-refractivity contribution in [3.05, 3.63) is 101 Å². The molecule has 56 heavy (non-hydrogen) atoms. The number of ether oxygens (including phenoxy) is 3. The molecule has 3 amide bonds. The molecule has 0 radical (unpaired) electrons. The maximum atomic E-state index is 13.5. The van der Waals surface area contributed by atoms with Gasteiger partial charge in [-0.05, 0) is 54.8 Å². The van der Waals surface area contributed by atoms with Gasteiger partial charge in [0.05, 0.1) is 30.9 Å². The summed E-state index contributed by atoms with van der Waals surface area (Å²) in [6.07, 6.45) is 13.6. The average molecular weight is 770 g/mol. The Bertz CT molecular complexity index is 1620. The van der Waals surface area contributed by atoms with E-state index in [9.17, 15) is 19.5 Å². The van der Waals surface area contributed by atoms with Gasteiger partial charge in [0.2, 0.25) is 5.91 Å². The summed E-state index contributed by atoms with van der Waals surface area (Å²) in [5, 5.41) is 12.3. The van der Waals surface area contributed by atoms with Gasteiger partial charge in [0.25, 0.3) is 5.91 Å². The number of amides is 3. The van der Waals surface area contributed by atoms with E-state index in [-0.39, 0.29) is 31.8 Å². The summed E-state index contributed by atoms with van der Waals surface area (Å²) in [6, 6.07) is 23.3. The minimum Gasteiger partial charge on any atom is -0.445 e. The van der Waals surface area contributed by atoms with Crippen LogP contribution in [0.15, 0.2) is 78.9 Å². The molecule has 0 aromatic heterocycles. The van der Waals surface area contributed by atoms with Crippen molar-refractivity contribution in [2.24, 2.45) is 0 Å². The first-order chi connectivity index (χ1) is 27.4. The van der Waals surface area contributed by atoms with Crippen LogP contribution in [0, 0.1) is 0 Å². The minimum absolute atomic E-state index is 0.0298. The number of carbonyl (C=O) groups is 3. The van der Waals surface area contributed by atoms with Crippen LogP contribution >= 0.6 is 0 Å². The summed E-state index contributed by atoms with van der Waals surface area (Å²) in [5.74, 6) is -0.931. The number of carbonyl (C=O) groups excluding carboxylic acids is 3. The Morgan fingerprint density at radius 2 is 1.45 bits per heavy atom. The lowest BCUT2D eigenvalue weighted by Gasteiger charge is -2.38. The largest absolute Gasteiger partial charge is 0.445 e. The van der Waals surface area contributed by atoms with Crippen molar-refractivity contribution in [1.29, 1.82) is 0 Å². The Labute approximate surface area is 333 Å². The summed E-state index contributed by atoms with van der Waals surface area (Å²) < 4.78 is 18.7. The van der Waals surface area contributed by atoms with E-state index >= 15 is 0 Å². The van der Waals surface area contributed by atoms with E-state index in [0.29, 0.717) is 17.7 Å². The van der Waals surface area contributed by atoms with Crippen molar-refractivity contribution in [2.45, 2.75) is 141 Å². The summed E-state index contributed by atoms with van der Waals surface area (Å²) in [4.78, 5) is 43.1. The Kier molecular flexibility index (Phi) is 17.8. The quantitative estimate of drug-likeness (QED) is 0.0724. The number of benzene rings is 3. The Morgan fingerprint density at radius 3 is 2.11 bits per heavy atom. The van der Waals surface area contributed by atoms with Gasteiger partial charge in [-0.15, -0.1) is 0 Å². The molecule has 2 heterocycles. The van der Waals surface area contributed by atoms with Crippen LogP contribution in [-0.2, 0) is 37.0 Å². The highest BCUT2D eigenvalue weighted by Crippen LogP contribution is 2.39. The van der Waals surface area contributed by atoms with Crippen molar-refractivity contribution in [1.82, 2.24) is 10.2 Å². The number of hydrogen-bond acceptors (Lipinski definition) is 8. The molecule has 3 aromatic carbocycles. The third-order valence-corrected chi connectivity index (χ3v) is 10.8. The molecule has 1 unspecified atom stereocenters. The Hall–Kier alpha value is -4.09. The molecule has 2 N–H and O–H groups in total. The van der Waals surface area contributed by atoms with E-state index in [4.69, 9.17) is 14.2 Å². The molecule has 2 fully saturated rings. The molecule has 3 aromatic rings. The predicted molar refractivity (Wildman–Crippen MR) is 219 cm³/mol. The van der Waals surface area contributed by atoms with Crippen LogP contribution < -0.4 is 10.2 Å². The Balaban J connectivity index is 1.28. The van der Waals surface area contributed by atoms with E-state index in [1.165, 1.54) is 77.0 Å². The first-order valence-electron chi connectivity index (χ1n) is 21.0. The van der Waals surface area contributed by atoms with E-state index in [0.717, 1.165) is 41.2 Å². The molecule has 0 saturated carbocycles. The van der Waals surface area contributed by atoms with Crippen LogP contribution in [0.5, 0.6) is 0 Å². The van der Waals surface area contributed by atoms with Crippen molar-refractivity contribution < 1.29 is 33.7 Å². The van der Waals surface area contributed by atoms with Gasteiger partial charge in [0, 0.05) is 18.5 Å². The number of aliphatic hydroxyl groups excluding tert-OH is 1. The maximum Gasteiger partial charge on any atom is 0.408 e. The predicted octanol–water partition coefficient (Wildman–Crippen LogP) is 9.31. The van der Waals surface area contributed by atoms with Gasteiger partial charge in [-0.2, -0.15) is 0 Å². The molecular formula is C46H63N3O7. The standard InChI is InChI=1S/C46H63N3O7/c1-3-5-7-9-11-16-27-48(28-17-12-10-8-6-4-2)32-40-30-42(37-25-23-35(33-50)24-26-37)56-45(55-40)38-21-18-22-39(29-38)49-43(51)31-41(44(49)52)47-46(53)54-34-36-19-14-13-15-20-36/h13-15,18-26,29,40-42,45,50H,3-12,16-17,27-28,30-34H2,1-2H3,(H,47,53)/t40-,41?,42+,45+/m1/s1. The second kappa shape index (κ2) is 23.2. The molecule has 0 bridgehead atoms. The van der Waals surface area contributed by atoms with Crippen molar-refractivity contribution in [3.63, 3.8) is 0 Å². The first kappa shape index (κ1) is 43.0. The van der Waals surface area contributed by atoms with E-state index in [1.54, 1.807) is 18.2 Å². The van der Waals surface area contributed by atoms with Crippen LogP contribution in [0.4, 0.5) is 10.5 Å². The molecule has 10 heteroatoms. The fourth-order valence-electron chi connectivity index (χ4n) is 7.58. The lowest BCUT2D eigenvalue weighted by atomic mass is 9.99. The SMILES string of the molecule is CCCCCCCCN(CCCCCCCC)C[C@H]1C[C@@H](c2ccc(CO)cc2)O[C@@H](c2cccc(N3C(=O)CC(NC(=O)OCc4ccccc4)C3=O)c2)O1. The van der Waals surface area contributed by atoms with Crippen molar-refractivity contribution in [2.75, 3.05) is 24.5 Å². The number of alkyl carbamates (subject to hydrolysis) is 1. The summed E-state index contributed by atoms with van der Waals surface area (Å²) in [6.45, 7) is 7.38. The molecule has 2 aliphatic rings. The zero-order valence-electron chi connectivity index (χ0n) is 33.5. The lowest BCUT2D eigenvalue weighted by molar-refractivity contribution is -0.253. The maximum absolute atomic E-state index is 13.5. The second-order valence-electron chi connectivity index (χ2n) is 15.3. The van der Waals surface area contributed by atoms with Gasteiger partial charge in [-0.25, -0.2) is 9.69 Å². The third-order valence-electron chi connectivity index (χ3n) is 10.8. The number of nitrogens with one attached hydrogen (secondary N) is 1. The second-order valence-corrected chi connectivity index (χ2v) is 15.3. The summed E-state index contributed by atoms with van der Waals surface area (Å²) in [5.41, 5.74) is 3.75. The molecule has 304 valence electrons. The summed E-state index contributed by atoms with van der Waals surface area (Å²) >= 11 is 0. The van der Waals surface area contributed by atoms with Crippen molar-refractivity contribution >= 4 is 23.6 Å². The lowest BCUT2D eigenvalue weighted by Crippen LogP contribution is -2.42. The number of unbranched alkanes of at least 4 members (excludes halogenated alkanes) is 10. The van der Waals surface area contributed by atoms with Crippen LogP contribution in [0.25, 0.3) is 0 Å². The van der Waals surface area contributed by atoms with Crippen LogP contribution in [-0.4, -0.2) is 59.7 Å². The monoisotopic (exact) mass is 769 g/mol. The highest BCUT2D eigenvalue weighted by Gasteiger charge is 2.41. The first-order valence-corrected chi connectivity index (χ1v) is 21.0. The fraction of sp³-hybridized carbons (Fsp3) is 0.543. The van der Waals surface area contributed by atoms with Gasteiger partial charge in [0.1, 0.15) is 12.6 Å². The number of aliphatic hydroxyl groups is 1. The van der Waals surface area contributed by atoms with Crippen molar-refractivity contribution in [3.8, 4) is 0 Å². The summed E-state index contributed by atoms with van der Waals surface area (Å²) in [7, 11) is 0. The van der Waals surface area contributed by atoms with Crippen LogP contribution in [0.1, 0.15) is 138 Å². The van der Waals surface area contributed by atoms with Gasteiger partial charge < -0.3 is 29.5 Å². The van der Waals surface area contributed by atoms with Gasteiger partial charge in [-0.1, -0.05) is 145 Å². The molecular weight excluding hydrogens is 707 g/mol. The normalized spacial score (nSPS) is 19.8. The molecule has 0 spiro atoms. The average Bonchev–Trinajstić information content (AvgIpc) is 3.50. The van der Waals surface area contributed by atoms with Crippen LogP contribution in [0.2, 0.25) is 0 Å². The molecule has 0 aliphatic carbocycles. The topological polar surface area (TPSA) is 118 Å². The number of rotatable bonds is 23. The fourth-order valence-corrected chi connectivity index (χ4v) is 7.58. The molecule has 10 nitrogen and oxygen atoms in total. The molecule has 2 aliphatic heterocycles. The van der Waals surface area contributed by atoms with E-state index in [1.807, 2.05) is 60.7 Å². The van der Waals surface area contributed by atoms with Crippen LogP contribution in [0.3, 0.4) is 0 Å². The highest BCUT2D eigenvalue weighted by atomic mass is 16.7. The highest BCUT2D eigenvalue weighted by molar-refractivity contribution is 6.22. The number of nitrogens with zero attached hydrogens (tertiary/aromatic N) is 2. The Morgan fingerprint density at radius 1 is 0.786 bits per heavy atom. The number of anilines is 1. The third kappa shape index (κ3) is 13.3. The van der Waals surface area contributed by atoms with E-state index in [2.05, 4.69) is 24.1 Å². The zero-order valence-corrected chi connectivity index (χ0v) is 33.5. The molecule has 2 saturated heterocycles. The molecule has 4 atom stereocenters. The number of hydrogen-bond donors (Lipinski definition) is 2. The van der Waals surface area contributed by atoms with Gasteiger partial charge in [0.15, 0.2) is 6.29 Å².